The van der Waals surface area contributed by atoms with Gasteiger partial charge in [-0.05, 0) is 123 Å². The molecule has 0 amide bonds. The normalized spacial score (nSPS) is 33.2. The van der Waals surface area contributed by atoms with Crippen LogP contribution in [0, 0.1) is 41.4 Å². The lowest BCUT2D eigenvalue weighted by Crippen LogP contribution is -2.58. The molecule has 1 aromatic rings. The average Bonchev–Trinajstić information content (AvgIpc) is 3.32. The summed E-state index contributed by atoms with van der Waals surface area (Å²) in [5.74, 6) is 1.52. The van der Waals surface area contributed by atoms with E-state index in [-0.39, 0.29) is 50.5 Å². The van der Waals surface area contributed by atoms with Crippen molar-refractivity contribution in [2.45, 2.75) is 161 Å². The molecule has 49 heavy (non-hydrogen) atoms. The molecule has 8 heteroatoms. The van der Waals surface area contributed by atoms with Crippen molar-refractivity contribution < 1.29 is 21.5 Å². The Morgan fingerprint density at radius 2 is 1.45 bits per heavy atom. The first-order valence-electron chi connectivity index (χ1n) is 19.1. The van der Waals surface area contributed by atoms with Gasteiger partial charge in [0.1, 0.15) is 0 Å². The number of hydrogen-bond acceptors (Lipinski definition) is 5. The van der Waals surface area contributed by atoms with Crippen LogP contribution in [-0.2, 0) is 23.2 Å². The smallest absolute Gasteiger partial charge is 0.296 e. The van der Waals surface area contributed by atoms with E-state index in [1.807, 2.05) is 19.1 Å². The molecule has 0 saturated heterocycles. The second-order valence-electron chi connectivity index (χ2n) is 19.8. The first kappa shape index (κ1) is 39.2. The Balaban J connectivity index is 1.41. The molecule has 3 saturated carbocycles. The van der Waals surface area contributed by atoms with Gasteiger partial charge in [-0.15, -0.1) is 0 Å². The number of fused-ring (bicyclic) bond motifs is 5. The zero-order valence-electron chi connectivity index (χ0n) is 33.3. The maximum atomic E-state index is 13.1. The Kier molecular flexibility index (Phi) is 10.5. The van der Waals surface area contributed by atoms with Crippen molar-refractivity contribution in [3.05, 3.63) is 53.1 Å². The zero-order valence-corrected chi connectivity index (χ0v) is 36.1. The van der Waals surface area contributed by atoms with Gasteiger partial charge in [0.25, 0.3) is 10.1 Å². The highest BCUT2D eigenvalue weighted by atomic mass is 32.2. The fraction of sp³-hybridized carbons (Fsp3) is 0.756. The van der Waals surface area contributed by atoms with Gasteiger partial charge in [-0.25, -0.2) is 0 Å². The molecule has 0 heterocycles. The van der Waals surface area contributed by atoms with E-state index < -0.39 is 26.8 Å². The Morgan fingerprint density at radius 3 is 2.04 bits per heavy atom. The van der Waals surface area contributed by atoms with Crippen LogP contribution in [-0.4, -0.2) is 43.9 Å². The Labute approximate surface area is 302 Å². The zero-order chi connectivity index (χ0) is 36.6. The van der Waals surface area contributed by atoms with Crippen molar-refractivity contribution in [2.24, 2.45) is 34.5 Å². The van der Waals surface area contributed by atoms with E-state index in [0.29, 0.717) is 17.8 Å². The topological polar surface area (TPSA) is 61.8 Å². The van der Waals surface area contributed by atoms with E-state index in [1.54, 1.807) is 17.7 Å². The summed E-state index contributed by atoms with van der Waals surface area (Å²) in [5.41, 5.74) is 4.25. The average molecular weight is 729 g/mol. The molecule has 0 spiro atoms. The van der Waals surface area contributed by atoms with E-state index >= 15 is 0 Å². The maximum Gasteiger partial charge on any atom is 0.296 e. The number of rotatable bonds is 9. The summed E-state index contributed by atoms with van der Waals surface area (Å²) < 4.78 is 46.6. The van der Waals surface area contributed by atoms with Crippen LogP contribution in [0.2, 0.25) is 36.3 Å². The molecule has 5 rings (SSSR count). The van der Waals surface area contributed by atoms with Gasteiger partial charge in [0.15, 0.2) is 16.6 Å². The number of hydrogen-bond donors (Lipinski definition) is 0. The van der Waals surface area contributed by atoms with Gasteiger partial charge in [-0.2, -0.15) is 8.42 Å². The Bertz CT molecular complexity index is 1550. The number of benzene rings is 1. The van der Waals surface area contributed by atoms with Crippen LogP contribution in [0.3, 0.4) is 0 Å². The van der Waals surface area contributed by atoms with E-state index in [9.17, 15) is 8.42 Å². The van der Waals surface area contributed by atoms with Crippen LogP contribution in [0.25, 0.3) is 0 Å². The fourth-order valence-electron chi connectivity index (χ4n) is 9.45. The quantitative estimate of drug-likeness (QED) is 0.187. The lowest BCUT2D eigenvalue weighted by molar-refractivity contribution is -0.0456. The van der Waals surface area contributed by atoms with E-state index in [2.05, 4.69) is 101 Å². The monoisotopic (exact) mass is 728 g/mol. The van der Waals surface area contributed by atoms with E-state index in [4.69, 9.17) is 13.0 Å². The molecule has 0 aromatic heterocycles. The molecule has 4 aliphatic rings. The third-order valence-electron chi connectivity index (χ3n) is 14.7. The van der Waals surface area contributed by atoms with Gasteiger partial charge in [-0.3, -0.25) is 4.18 Å². The molecule has 0 aliphatic heterocycles. The summed E-state index contributed by atoms with van der Waals surface area (Å²) in [5, 5.41) is 0.292. The molecular formula is C41H68O5SSi2. The second kappa shape index (κ2) is 13.1. The van der Waals surface area contributed by atoms with Gasteiger partial charge in [0.05, 0.1) is 23.7 Å². The molecule has 0 N–H and O–H groups in total. The predicted octanol–water partition coefficient (Wildman–Crippen LogP) is 11.2. The number of aryl methyl sites for hydroxylation is 1. The summed E-state index contributed by atoms with van der Waals surface area (Å²) in [6.45, 7) is 33.1. The predicted molar refractivity (Wildman–Crippen MR) is 208 cm³/mol. The maximum absolute atomic E-state index is 13.1. The first-order valence-corrected chi connectivity index (χ1v) is 26.3. The SMILES string of the molecule is Cc1ccc(S(=O)(=O)OCC(C)[C@H]2CC[C@H]3C4=CC=C5CC(O[Si](C)(C)C(C)(C)C)CC(O[Si](C)(C)C(C)(C)C)[C@]5(C)[C@H]4CC[C@]23C)cc1. The molecule has 1 aromatic carbocycles. The molecule has 0 bridgehead atoms. The fourth-order valence-corrected chi connectivity index (χ4v) is 13.2. The second-order valence-corrected chi connectivity index (χ2v) is 30.9. The first-order chi connectivity index (χ1) is 22.3. The highest BCUT2D eigenvalue weighted by Crippen LogP contribution is 2.67. The number of allylic oxidation sites excluding steroid dienone is 3. The molecule has 5 nitrogen and oxygen atoms in total. The van der Waals surface area contributed by atoms with Crippen LogP contribution in [0.1, 0.15) is 106 Å². The molecule has 276 valence electrons. The van der Waals surface area contributed by atoms with Gasteiger partial charge in [0.2, 0.25) is 0 Å². The van der Waals surface area contributed by atoms with Gasteiger partial charge in [0, 0.05) is 5.41 Å². The highest BCUT2D eigenvalue weighted by molar-refractivity contribution is 7.86. The molecule has 0 radical (unpaired) electrons. The Hall–Kier alpha value is -1.04. The lowest BCUT2D eigenvalue weighted by Gasteiger charge is -2.59. The van der Waals surface area contributed by atoms with Crippen LogP contribution in [0.5, 0.6) is 0 Å². The standard InChI is InChI=1S/C41H68O5SSi2/c1-28-15-18-32(19-16-28)47(42,43)44-27-29(2)34-21-22-35-33-20-17-30-25-31(45-48(11,12)38(3,4)5)26-37(46-49(13,14)39(6,7)8)41(30,10)36(33)23-24-40(34,35)9/h15-20,29,31,34-37H,21-27H2,1-14H3/t29?,31?,34-,35+,36+,37?,40-,41+/m1/s1. The van der Waals surface area contributed by atoms with Crippen molar-refractivity contribution in [1.82, 2.24) is 0 Å². The minimum absolute atomic E-state index is 0.0524. The van der Waals surface area contributed by atoms with E-state index in [1.165, 1.54) is 5.57 Å². The van der Waals surface area contributed by atoms with Crippen LogP contribution >= 0.6 is 0 Å². The van der Waals surface area contributed by atoms with Gasteiger partial charge in [-0.1, -0.05) is 103 Å². The van der Waals surface area contributed by atoms with Crippen LogP contribution in [0.4, 0.5) is 0 Å². The summed E-state index contributed by atoms with van der Waals surface area (Å²) in [4.78, 5) is 0.239. The summed E-state index contributed by atoms with van der Waals surface area (Å²) in [6.07, 6.45) is 11.8. The molecule has 4 aliphatic carbocycles. The van der Waals surface area contributed by atoms with Crippen molar-refractivity contribution in [3.8, 4) is 0 Å². The summed E-state index contributed by atoms with van der Waals surface area (Å²) >= 11 is 0. The minimum Gasteiger partial charge on any atom is -0.414 e. The van der Waals surface area contributed by atoms with Crippen molar-refractivity contribution in [2.75, 3.05) is 6.61 Å². The van der Waals surface area contributed by atoms with Gasteiger partial charge >= 0.3 is 0 Å². The van der Waals surface area contributed by atoms with Crippen LogP contribution < -0.4 is 0 Å². The molecular weight excluding hydrogens is 661 g/mol. The lowest BCUT2D eigenvalue weighted by atomic mass is 9.49. The van der Waals surface area contributed by atoms with Crippen molar-refractivity contribution in [1.29, 1.82) is 0 Å². The van der Waals surface area contributed by atoms with Crippen LogP contribution in [0.15, 0.2) is 52.5 Å². The van der Waals surface area contributed by atoms with Crippen molar-refractivity contribution in [3.63, 3.8) is 0 Å². The molecule has 3 fully saturated rings. The molecule has 3 unspecified atom stereocenters. The Morgan fingerprint density at radius 1 is 0.857 bits per heavy atom. The largest absolute Gasteiger partial charge is 0.414 e. The minimum atomic E-state index is -3.79. The molecule has 8 atom stereocenters. The van der Waals surface area contributed by atoms with Crippen molar-refractivity contribution >= 4 is 26.8 Å². The third kappa shape index (κ3) is 7.18. The summed E-state index contributed by atoms with van der Waals surface area (Å²) in [6, 6.07) is 6.95. The highest BCUT2D eigenvalue weighted by Gasteiger charge is 2.60. The summed E-state index contributed by atoms with van der Waals surface area (Å²) in [7, 11) is -7.81. The van der Waals surface area contributed by atoms with E-state index in [0.717, 1.165) is 44.1 Å². The third-order valence-corrected chi connectivity index (χ3v) is 25.0. The van der Waals surface area contributed by atoms with Gasteiger partial charge < -0.3 is 8.85 Å².